The number of aromatic nitrogens is 2. The highest BCUT2D eigenvalue weighted by Crippen LogP contribution is 2.37. The Bertz CT molecular complexity index is 1250. The van der Waals surface area contributed by atoms with Crippen molar-refractivity contribution in [1.29, 1.82) is 0 Å². The number of ether oxygens (including phenoxy) is 1. The molecular formula is C25H31F2N3O3S. The van der Waals surface area contributed by atoms with E-state index in [1.807, 2.05) is 18.5 Å². The van der Waals surface area contributed by atoms with Crippen LogP contribution in [-0.2, 0) is 27.2 Å². The Kier molecular flexibility index (Phi) is 6.96. The number of nitrogens with zero attached hydrogens (tertiary/aromatic N) is 3. The standard InChI is InChI=1S/C25H31F2N3O3S/c1-18(2)16-30(24-7-5-4-6-22(24)25(3,26)27)34(31,32)21-8-9-23-20(14-21)15-28-29(23)17-19-10-12-33-13-11-19/h4-9,14-15,18-19H,10-13,16-17H2,1-3H3. The quantitative estimate of drug-likeness (QED) is 0.422. The minimum absolute atomic E-state index is 0.000917. The normalized spacial score (nSPS) is 15.8. The summed E-state index contributed by atoms with van der Waals surface area (Å²) in [4.78, 5) is 0.0560. The Morgan fingerprint density at radius 2 is 1.88 bits per heavy atom. The second kappa shape index (κ2) is 9.62. The summed E-state index contributed by atoms with van der Waals surface area (Å²) >= 11 is 0. The molecule has 0 atom stereocenters. The van der Waals surface area contributed by atoms with Crippen LogP contribution in [0.3, 0.4) is 0 Å². The van der Waals surface area contributed by atoms with Crippen LogP contribution in [-0.4, -0.2) is 38.0 Å². The maximum Gasteiger partial charge on any atom is 0.272 e. The fourth-order valence-corrected chi connectivity index (χ4v) is 6.07. The zero-order chi connectivity index (χ0) is 24.5. The lowest BCUT2D eigenvalue weighted by Gasteiger charge is -2.29. The number of para-hydroxylation sites is 1. The van der Waals surface area contributed by atoms with Gasteiger partial charge in [-0.25, -0.2) is 17.2 Å². The van der Waals surface area contributed by atoms with Gasteiger partial charge in [-0.2, -0.15) is 5.10 Å². The van der Waals surface area contributed by atoms with E-state index in [1.165, 1.54) is 18.2 Å². The van der Waals surface area contributed by atoms with Crippen LogP contribution in [0.15, 0.2) is 53.6 Å². The first-order valence-corrected chi connectivity index (χ1v) is 13.0. The number of hydrogen-bond donors (Lipinski definition) is 0. The Balaban J connectivity index is 1.72. The van der Waals surface area contributed by atoms with Gasteiger partial charge in [0.2, 0.25) is 0 Å². The maximum atomic E-state index is 14.4. The van der Waals surface area contributed by atoms with E-state index < -0.39 is 15.9 Å². The minimum atomic E-state index is -4.09. The van der Waals surface area contributed by atoms with Crippen molar-refractivity contribution in [3.63, 3.8) is 0 Å². The zero-order valence-electron chi connectivity index (χ0n) is 19.7. The molecule has 1 fully saturated rings. The molecule has 2 heterocycles. The number of sulfonamides is 1. The van der Waals surface area contributed by atoms with Crippen LogP contribution in [0, 0.1) is 11.8 Å². The maximum absolute atomic E-state index is 14.4. The van der Waals surface area contributed by atoms with E-state index in [9.17, 15) is 17.2 Å². The van der Waals surface area contributed by atoms with Crippen LogP contribution in [0.25, 0.3) is 10.9 Å². The van der Waals surface area contributed by atoms with Crippen molar-refractivity contribution in [2.45, 2.75) is 51.0 Å². The first kappa shape index (κ1) is 24.6. The lowest BCUT2D eigenvalue weighted by molar-refractivity contribution is 0.0181. The first-order valence-electron chi connectivity index (χ1n) is 11.6. The van der Waals surface area contributed by atoms with Gasteiger partial charge < -0.3 is 4.74 Å². The number of fused-ring (bicyclic) bond motifs is 1. The molecule has 0 unspecified atom stereocenters. The molecule has 1 aliphatic heterocycles. The number of halogens is 2. The third-order valence-electron chi connectivity index (χ3n) is 6.15. The number of rotatable bonds is 8. The average Bonchev–Trinajstić information content (AvgIpc) is 3.19. The predicted molar refractivity (Wildman–Crippen MR) is 129 cm³/mol. The van der Waals surface area contributed by atoms with Gasteiger partial charge in [0.25, 0.3) is 15.9 Å². The molecule has 0 aliphatic carbocycles. The second-order valence-electron chi connectivity index (χ2n) is 9.44. The number of benzene rings is 2. The molecule has 3 aromatic rings. The highest BCUT2D eigenvalue weighted by atomic mass is 32.2. The van der Waals surface area contributed by atoms with Gasteiger partial charge in [-0.05, 0) is 48.9 Å². The molecule has 4 rings (SSSR count). The third-order valence-corrected chi connectivity index (χ3v) is 7.93. The largest absolute Gasteiger partial charge is 0.381 e. The Labute approximate surface area is 199 Å². The molecule has 1 aliphatic rings. The second-order valence-corrected chi connectivity index (χ2v) is 11.3. The molecule has 0 spiro atoms. The highest BCUT2D eigenvalue weighted by molar-refractivity contribution is 7.92. The van der Waals surface area contributed by atoms with Gasteiger partial charge in [0.15, 0.2) is 0 Å². The summed E-state index contributed by atoms with van der Waals surface area (Å²) in [6.45, 7) is 6.82. The topological polar surface area (TPSA) is 64.4 Å². The van der Waals surface area contributed by atoms with Gasteiger partial charge in [0.1, 0.15) is 0 Å². The molecule has 9 heteroatoms. The van der Waals surface area contributed by atoms with Gasteiger partial charge in [0.05, 0.1) is 22.3 Å². The fourth-order valence-electron chi connectivity index (χ4n) is 4.39. The smallest absolute Gasteiger partial charge is 0.272 e. The van der Waals surface area contributed by atoms with Crippen molar-refractivity contribution in [1.82, 2.24) is 9.78 Å². The molecule has 6 nitrogen and oxygen atoms in total. The monoisotopic (exact) mass is 491 g/mol. The summed E-state index contributed by atoms with van der Waals surface area (Å²) in [5.41, 5.74) is 0.532. The number of alkyl halides is 2. The molecule has 1 aromatic heterocycles. The van der Waals surface area contributed by atoms with Gasteiger partial charge >= 0.3 is 0 Å². The summed E-state index contributed by atoms with van der Waals surface area (Å²) in [6.07, 6.45) is 3.60. The molecule has 0 radical (unpaired) electrons. The first-order chi connectivity index (χ1) is 16.1. The molecule has 34 heavy (non-hydrogen) atoms. The Morgan fingerprint density at radius 1 is 1.18 bits per heavy atom. The molecule has 0 amide bonds. The third kappa shape index (κ3) is 5.10. The fraction of sp³-hybridized carbons (Fsp3) is 0.480. The molecule has 1 saturated heterocycles. The predicted octanol–water partition coefficient (Wildman–Crippen LogP) is 5.43. The van der Waals surface area contributed by atoms with Crippen LogP contribution in [0.5, 0.6) is 0 Å². The van der Waals surface area contributed by atoms with Gasteiger partial charge in [-0.15, -0.1) is 0 Å². The van der Waals surface area contributed by atoms with E-state index in [0.717, 1.165) is 49.3 Å². The van der Waals surface area contributed by atoms with Crippen molar-refractivity contribution in [3.8, 4) is 0 Å². The number of hydrogen-bond acceptors (Lipinski definition) is 4. The van der Waals surface area contributed by atoms with Gasteiger partial charge in [-0.3, -0.25) is 8.99 Å². The molecule has 0 saturated carbocycles. The van der Waals surface area contributed by atoms with Crippen LogP contribution < -0.4 is 4.31 Å². The zero-order valence-corrected chi connectivity index (χ0v) is 20.6. The van der Waals surface area contributed by atoms with Crippen molar-refractivity contribution >= 4 is 26.6 Å². The molecule has 184 valence electrons. The molecule has 2 aromatic carbocycles. The van der Waals surface area contributed by atoms with Crippen molar-refractivity contribution in [3.05, 3.63) is 54.2 Å². The number of anilines is 1. The summed E-state index contributed by atoms with van der Waals surface area (Å²) in [5.74, 6) is -2.79. The Morgan fingerprint density at radius 3 is 2.56 bits per heavy atom. The minimum Gasteiger partial charge on any atom is -0.381 e. The Hall–Kier alpha value is -2.52. The summed E-state index contributed by atoms with van der Waals surface area (Å²) in [6, 6.07) is 10.7. The SMILES string of the molecule is CC(C)CN(c1ccccc1C(C)(F)F)S(=O)(=O)c1ccc2c(cnn2CC2CCOCC2)c1. The molecule has 0 bridgehead atoms. The van der Waals surface area contributed by atoms with Gasteiger partial charge in [0, 0.05) is 44.2 Å². The highest BCUT2D eigenvalue weighted by Gasteiger charge is 2.34. The van der Waals surface area contributed by atoms with Gasteiger partial charge in [-0.1, -0.05) is 32.0 Å². The summed E-state index contributed by atoms with van der Waals surface area (Å²) in [5, 5.41) is 5.18. The van der Waals surface area contributed by atoms with Crippen molar-refractivity contribution < 1.29 is 21.9 Å². The van der Waals surface area contributed by atoms with Crippen molar-refractivity contribution in [2.24, 2.45) is 11.8 Å². The van der Waals surface area contributed by atoms with Crippen LogP contribution in [0.4, 0.5) is 14.5 Å². The van der Waals surface area contributed by atoms with Crippen LogP contribution in [0.2, 0.25) is 0 Å². The van der Waals surface area contributed by atoms with Crippen LogP contribution >= 0.6 is 0 Å². The lowest BCUT2D eigenvalue weighted by Crippen LogP contribution is -2.35. The van der Waals surface area contributed by atoms with E-state index >= 15 is 0 Å². The van der Waals surface area contributed by atoms with E-state index in [2.05, 4.69) is 5.10 Å². The van der Waals surface area contributed by atoms with E-state index in [-0.39, 0.29) is 28.6 Å². The van der Waals surface area contributed by atoms with Crippen molar-refractivity contribution in [2.75, 3.05) is 24.1 Å². The average molecular weight is 492 g/mol. The van der Waals surface area contributed by atoms with E-state index in [1.54, 1.807) is 30.5 Å². The summed E-state index contributed by atoms with van der Waals surface area (Å²) < 4.78 is 64.7. The lowest BCUT2D eigenvalue weighted by atomic mass is 10.0. The molecular weight excluding hydrogens is 460 g/mol. The van der Waals surface area contributed by atoms with Crippen LogP contribution in [0.1, 0.15) is 39.2 Å². The van der Waals surface area contributed by atoms with E-state index in [4.69, 9.17) is 4.74 Å². The summed E-state index contributed by atoms with van der Waals surface area (Å²) in [7, 11) is -4.09. The van der Waals surface area contributed by atoms with E-state index in [0.29, 0.717) is 11.3 Å². The molecule has 0 N–H and O–H groups in total.